The number of nitrogens with one attached hydrogen (secondary N) is 1. The molecule has 1 amide bonds. The summed E-state index contributed by atoms with van der Waals surface area (Å²) in [7, 11) is 0. The van der Waals surface area contributed by atoms with Crippen LogP contribution in [0.4, 0.5) is 0 Å². The van der Waals surface area contributed by atoms with E-state index in [2.05, 4.69) is 27.3 Å². The van der Waals surface area contributed by atoms with Crippen LogP contribution in [0, 0.1) is 0 Å². The number of pyridine rings is 1. The van der Waals surface area contributed by atoms with Gasteiger partial charge in [-0.25, -0.2) is 0 Å². The predicted octanol–water partition coefficient (Wildman–Crippen LogP) is 3.17. The molecule has 2 aromatic rings. The summed E-state index contributed by atoms with van der Waals surface area (Å²) >= 11 is 5.95. The predicted molar refractivity (Wildman–Crippen MR) is 96.3 cm³/mol. The van der Waals surface area contributed by atoms with Gasteiger partial charge in [0.2, 0.25) is 0 Å². The Balaban J connectivity index is 1.43. The number of amides is 1. The molecular formula is C19H22ClN3O. The first kappa shape index (κ1) is 16.9. The molecular weight excluding hydrogens is 322 g/mol. The van der Waals surface area contributed by atoms with E-state index in [1.54, 1.807) is 24.3 Å². The second kappa shape index (κ2) is 8.27. The normalized spacial score (nSPS) is 16.0. The van der Waals surface area contributed by atoms with Crippen molar-refractivity contribution in [1.82, 2.24) is 15.2 Å². The van der Waals surface area contributed by atoms with Crippen molar-refractivity contribution in [1.29, 1.82) is 0 Å². The monoisotopic (exact) mass is 343 g/mol. The van der Waals surface area contributed by atoms with Crippen LogP contribution in [-0.2, 0) is 6.42 Å². The minimum atomic E-state index is -0.0345. The first-order chi connectivity index (χ1) is 11.7. The molecule has 1 aliphatic rings. The summed E-state index contributed by atoms with van der Waals surface area (Å²) < 4.78 is 0. The maximum atomic E-state index is 12.3. The summed E-state index contributed by atoms with van der Waals surface area (Å²) in [4.78, 5) is 18.8. The smallest absolute Gasteiger partial charge is 0.251 e. The summed E-state index contributed by atoms with van der Waals surface area (Å²) in [6.45, 7) is 3.09. The van der Waals surface area contributed by atoms with Crippen LogP contribution in [0.25, 0.3) is 0 Å². The largest absolute Gasteiger partial charge is 0.349 e. The Morgan fingerprint density at radius 3 is 2.67 bits per heavy atom. The Hall–Kier alpha value is -1.91. The number of likely N-dealkylation sites (tertiary alicyclic amines) is 1. The van der Waals surface area contributed by atoms with Crippen molar-refractivity contribution >= 4 is 17.5 Å². The third kappa shape index (κ3) is 4.79. The fourth-order valence-corrected chi connectivity index (χ4v) is 3.23. The van der Waals surface area contributed by atoms with Gasteiger partial charge in [-0.15, -0.1) is 0 Å². The van der Waals surface area contributed by atoms with E-state index in [1.165, 1.54) is 5.56 Å². The molecule has 5 heteroatoms. The molecule has 0 saturated carbocycles. The number of hydrogen-bond acceptors (Lipinski definition) is 3. The van der Waals surface area contributed by atoms with Crippen molar-refractivity contribution in [3.05, 3.63) is 64.9 Å². The van der Waals surface area contributed by atoms with E-state index in [4.69, 9.17) is 11.6 Å². The molecule has 4 nitrogen and oxygen atoms in total. The summed E-state index contributed by atoms with van der Waals surface area (Å²) in [5.74, 6) is -0.0345. The van der Waals surface area contributed by atoms with E-state index in [-0.39, 0.29) is 11.9 Å². The molecule has 1 aromatic heterocycles. The zero-order chi connectivity index (χ0) is 16.8. The van der Waals surface area contributed by atoms with Gasteiger partial charge in [0.1, 0.15) is 0 Å². The average Bonchev–Trinajstić information content (AvgIpc) is 2.62. The highest BCUT2D eigenvalue weighted by molar-refractivity contribution is 6.30. The molecule has 1 fully saturated rings. The molecule has 0 bridgehead atoms. The van der Waals surface area contributed by atoms with Crippen LogP contribution in [0.3, 0.4) is 0 Å². The second-order valence-corrected chi connectivity index (χ2v) is 6.64. The molecule has 0 aliphatic carbocycles. The molecule has 0 radical (unpaired) electrons. The van der Waals surface area contributed by atoms with Crippen LogP contribution in [0.1, 0.15) is 28.8 Å². The topological polar surface area (TPSA) is 45.2 Å². The summed E-state index contributed by atoms with van der Waals surface area (Å²) in [6, 6.07) is 11.5. The van der Waals surface area contributed by atoms with E-state index in [0.717, 1.165) is 38.9 Å². The fraction of sp³-hybridized carbons (Fsp3) is 0.368. The van der Waals surface area contributed by atoms with Crippen LogP contribution in [0.15, 0.2) is 48.8 Å². The Morgan fingerprint density at radius 1 is 1.21 bits per heavy atom. The van der Waals surface area contributed by atoms with E-state index < -0.39 is 0 Å². The van der Waals surface area contributed by atoms with Crippen molar-refractivity contribution < 1.29 is 4.79 Å². The highest BCUT2D eigenvalue weighted by atomic mass is 35.5. The molecule has 0 atom stereocenters. The third-order valence-corrected chi connectivity index (χ3v) is 4.71. The van der Waals surface area contributed by atoms with Gasteiger partial charge in [-0.1, -0.05) is 17.7 Å². The van der Waals surface area contributed by atoms with Gasteiger partial charge in [-0.2, -0.15) is 0 Å². The quantitative estimate of drug-likeness (QED) is 0.907. The Bertz CT molecular complexity index is 669. The summed E-state index contributed by atoms with van der Waals surface area (Å²) in [6.07, 6.45) is 6.70. The number of nitrogens with zero attached hydrogens (tertiary/aromatic N) is 2. The second-order valence-electron chi connectivity index (χ2n) is 6.21. The molecule has 0 spiro atoms. The molecule has 1 N–H and O–H groups in total. The highest BCUT2D eigenvalue weighted by Gasteiger charge is 2.21. The van der Waals surface area contributed by atoms with Gasteiger partial charge >= 0.3 is 0 Å². The van der Waals surface area contributed by atoms with Gasteiger partial charge in [0, 0.05) is 48.7 Å². The lowest BCUT2D eigenvalue weighted by molar-refractivity contribution is 0.0911. The third-order valence-electron chi connectivity index (χ3n) is 4.48. The van der Waals surface area contributed by atoms with Gasteiger partial charge in [-0.3, -0.25) is 9.78 Å². The number of halogens is 1. The van der Waals surface area contributed by atoms with E-state index in [9.17, 15) is 4.79 Å². The number of carbonyl (C=O) groups is 1. The molecule has 126 valence electrons. The van der Waals surface area contributed by atoms with Crippen LogP contribution < -0.4 is 5.32 Å². The number of hydrogen-bond donors (Lipinski definition) is 1. The van der Waals surface area contributed by atoms with Gasteiger partial charge in [0.15, 0.2) is 0 Å². The molecule has 1 aliphatic heterocycles. The number of rotatable bonds is 5. The number of aromatic nitrogens is 1. The van der Waals surface area contributed by atoms with Crippen LogP contribution in [0.5, 0.6) is 0 Å². The molecule has 1 aromatic carbocycles. The standard InChI is InChI=1S/C19H22ClN3O/c20-17-3-1-2-16(14-17)19(24)22-18-7-12-23(13-8-18)11-6-15-4-9-21-10-5-15/h1-5,9-10,14,18H,6-8,11-13H2,(H,22,24). The van der Waals surface area contributed by atoms with Crippen molar-refractivity contribution in [2.75, 3.05) is 19.6 Å². The van der Waals surface area contributed by atoms with Gasteiger partial charge in [-0.05, 0) is 55.2 Å². The maximum Gasteiger partial charge on any atom is 0.251 e. The Morgan fingerprint density at radius 2 is 1.96 bits per heavy atom. The fourth-order valence-electron chi connectivity index (χ4n) is 3.04. The van der Waals surface area contributed by atoms with Crippen LogP contribution >= 0.6 is 11.6 Å². The van der Waals surface area contributed by atoms with Gasteiger partial charge < -0.3 is 10.2 Å². The van der Waals surface area contributed by atoms with Gasteiger partial charge in [0.25, 0.3) is 5.91 Å². The molecule has 2 heterocycles. The zero-order valence-corrected chi connectivity index (χ0v) is 14.4. The van der Waals surface area contributed by atoms with Crippen LogP contribution in [0.2, 0.25) is 5.02 Å². The van der Waals surface area contributed by atoms with Crippen molar-refractivity contribution in [3.8, 4) is 0 Å². The highest BCUT2D eigenvalue weighted by Crippen LogP contribution is 2.14. The summed E-state index contributed by atoms with van der Waals surface area (Å²) in [5.41, 5.74) is 1.95. The lowest BCUT2D eigenvalue weighted by Gasteiger charge is -2.32. The van der Waals surface area contributed by atoms with E-state index in [0.29, 0.717) is 10.6 Å². The lowest BCUT2D eigenvalue weighted by atomic mass is 10.0. The molecule has 1 saturated heterocycles. The number of piperidine rings is 1. The van der Waals surface area contributed by atoms with E-state index >= 15 is 0 Å². The van der Waals surface area contributed by atoms with Crippen molar-refractivity contribution in [2.45, 2.75) is 25.3 Å². The Labute approximate surface area is 147 Å². The molecule has 0 unspecified atom stereocenters. The zero-order valence-electron chi connectivity index (χ0n) is 13.6. The minimum absolute atomic E-state index is 0.0345. The van der Waals surface area contributed by atoms with Crippen molar-refractivity contribution in [2.24, 2.45) is 0 Å². The maximum absolute atomic E-state index is 12.3. The van der Waals surface area contributed by atoms with Gasteiger partial charge in [0.05, 0.1) is 0 Å². The molecule has 3 rings (SSSR count). The number of benzene rings is 1. The number of carbonyl (C=O) groups excluding carboxylic acids is 1. The summed E-state index contributed by atoms with van der Waals surface area (Å²) in [5, 5.41) is 3.72. The average molecular weight is 344 g/mol. The Kier molecular flexibility index (Phi) is 5.83. The first-order valence-electron chi connectivity index (χ1n) is 8.38. The van der Waals surface area contributed by atoms with E-state index in [1.807, 2.05) is 12.4 Å². The molecule has 24 heavy (non-hydrogen) atoms. The van der Waals surface area contributed by atoms with Crippen molar-refractivity contribution in [3.63, 3.8) is 0 Å². The van der Waals surface area contributed by atoms with Crippen LogP contribution in [-0.4, -0.2) is 41.5 Å². The SMILES string of the molecule is O=C(NC1CCN(CCc2ccncc2)CC1)c1cccc(Cl)c1. The minimum Gasteiger partial charge on any atom is -0.349 e. The lowest BCUT2D eigenvalue weighted by Crippen LogP contribution is -2.45. The first-order valence-corrected chi connectivity index (χ1v) is 8.76.